The van der Waals surface area contributed by atoms with Gasteiger partial charge in [-0.05, 0) is 13.2 Å². The summed E-state index contributed by atoms with van der Waals surface area (Å²) in [5.74, 6) is 0. The van der Waals surface area contributed by atoms with Gasteiger partial charge in [-0.1, -0.05) is 41.8 Å². The number of hydrogen-bond donors (Lipinski definition) is 0. The molecule has 0 N–H and O–H groups in total. The highest BCUT2D eigenvalue weighted by Gasteiger charge is 2.05. The zero-order valence-electron chi connectivity index (χ0n) is 6.74. The molecule has 0 amide bonds. The molecule has 0 fully saturated rings. The van der Waals surface area contributed by atoms with E-state index in [2.05, 4.69) is 6.58 Å². The van der Waals surface area contributed by atoms with Gasteiger partial charge in [0.2, 0.25) is 4.45 Å². The minimum atomic E-state index is 0.125. The predicted octanol–water partition coefficient (Wildman–Crippen LogP) is 3.33. The molecule has 1 unspecified atom stereocenters. The molecule has 0 aliphatic heterocycles. The van der Waals surface area contributed by atoms with Crippen molar-refractivity contribution in [2.24, 2.45) is 0 Å². The third-order valence-electron chi connectivity index (χ3n) is 1.01. The highest BCUT2D eigenvalue weighted by molar-refractivity contribution is 8.38. The lowest BCUT2D eigenvalue weighted by Gasteiger charge is -2.02. The van der Waals surface area contributed by atoms with E-state index in [0.29, 0.717) is 0 Å². The standard InChI is InChI=1S/C8H12OS2/c1-4-6-7(5-2)11-8(9)10-3/h4-7H,2H2,1,3H3/b6-4+. The lowest BCUT2D eigenvalue weighted by atomic mass is 10.4. The van der Waals surface area contributed by atoms with Gasteiger partial charge in [-0.25, -0.2) is 0 Å². The van der Waals surface area contributed by atoms with E-state index in [0.717, 1.165) is 0 Å². The second-order valence-electron chi connectivity index (χ2n) is 1.80. The van der Waals surface area contributed by atoms with Gasteiger partial charge in [0.1, 0.15) is 0 Å². The Morgan fingerprint density at radius 3 is 2.64 bits per heavy atom. The van der Waals surface area contributed by atoms with Crippen LogP contribution in [0.2, 0.25) is 0 Å². The van der Waals surface area contributed by atoms with E-state index in [1.807, 2.05) is 19.1 Å². The molecule has 11 heavy (non-hydrogen) atoms. The minimum absolute atomic E-state index is 0.125. The van der Waals surface area contributed by atoms with E-state index < -0.39 is 0 Å². The van der Waals surface area contributed by atoms with Crippen LogP contribution in [-0.2, 0) is 0 Å². The van der Waals surface area contributed by atoms with Crippen LogP contribution < -0.4 is 0 Å². The summed E-state index contributed by atoms with van der Waals surface area (Å²) in [6, 6.07) is 0. The van der Waals surface area contributed by atoms with Crippen molar-refractivity contribution in [1.29, 1.82) is 0 Å². The van der Waals surface area contributed by atoms with Crippen LogP contribution in [0.3, 0.4) is 0 Å². The van der Waals surface area contributed by atoms with Crippen LogP contribution in [0.4, 0.5) is 4.79 Å². The number of allylic oxidation sites excluding steroid dienone is 1. The zero-order valence-corrected chi connectivity index (χ0v) is 8.37. The molecule has 0 aromatic rings. The summed E-state index contributed by atoms with van der Waals surface area (Å²) in [5.41, 5.74) is 0. The molecule has 1 nitrogen and oxygen atoms in total. The molecule has 0 aromatic carbocycles. The van der Waals surface area contributed by atoms with Crippen molar-refractivity contribution >= 4 is 28.0 Å². The van der Waals surface area contributed by atoms with E-state index in [-0.39, 0.29) is 9.70 Å². The first kappa shape index (κ1) is 10.8. The number of carbonyl (C=O) groups excluding carboxylic acids is 1. The summed E-state index contributed by atoms with van der Waals surface area (Å²) in [5, 5.41) is 0.125. The SMILES string of the molecule is C=CC(/C=C/C)SC(=O)SC. The third-order valence-corrected chi connectivity index (χ3v) is 2.95. The molecule has 0 bridgehead atoms. The summed E-state index contributed by atoms with van der Waals surface area (Å²) >= 11 is 2.53. The second kappa shape index (κ2) is 6.55. The molecule has 0 aliphatic carbocycles. The van der Waals surface area contributed by atoms with Gasteiger partial charge >= 0.3 is 0 Å². The van der Waals surface area contributed by atoms with Crippen molar-refractivity contribution in [2.45, 2.75) is 12.2 Å². The summed E-state index contributed by atoms with van der Waals surface area (Å²) in [7, 11) is 0. The first-order valence-electron chi connectivity index (χ1n) is 3.24. The fourth-order valence-electron chi connectivity index (χ4n) is 0.515. The summed E-state index contributed by atoms with van der Waals surface area (Å²) in [4.78, 5) is 10.9. The molecule has 1 atom stereocenters. The molecule has 0 saturated heterocycles. The van der Waals surface area contributed by atoms with E-state index in [9.17, 15) is 4.79 Å². The Bertz CT molecular complexity index is 163. The predicted molar refractivity (Wildman–Crippen MR) is 55.3 cm³/mol. The molecule has 0 saturated carbocycles. The van der Waals surface area contributed by atoms with Crippen LogP contribution in [-0.4, -0.2) is 16.0 Å². The van der Waals surface area contributed by atoms with E-state index in [1.165, 1.54) is 23.5 Å². The Hall–Kier alpha value is -0.150. The molecule has 3 heteroatoms. The molecule has 0 rings (SSSR count). The maximum atomic E-state index is 10.9. The number of hydrogen-bond acceptors (Lipinski definition) is 3. The quantitative estimate of drug-likeness (QED) is 0.632. The van der Waals surface area contributed by atoms with Gasteiger partial charge in [-0.3, -0.25) is 4.79 Å². The van der Waals surface area contributed by atoms with E-state index >= 15 is 0 Å². The summed E-state index contributed by atoms with van der Waals surface area (Å²) < 4.78 is 0.132. The highest BCUT2D eigenvalue weighted by atomic mass is 32.2. The van der Waals surface area contributed by atoms with Gasteiger partial charge < -0.3 is 0 Å². The minimum Gasteiger partial charge on any atom is -0.274 e. The Kier molecular flexibility index (Phi) is 6.46. The molecule has 0 aliphatic rings. The van der Waals surface area contributed by atoms with Gasteiger partial charge in [0.25, 0.3) is 0 Å². The first-order chi connectivity index (χ1) is 5.24. The Balaban J connectivity index is 3.87. The van der Waals surface area contributed by atoms with Crippen LogP contribution in [0.25, 0.3) is 0 Å². The monoisotopic (exact) mass is 188 g/mol. The van der Waals surface area contributed by atoms with Crippen molar-refractivity contribution in [3.8, 4) is 0 Å². The number of thioether (sulfide) groups is 2. The molecule has 0 spiro atoms. The average Bonchev–Trinajstić information content (AvgIpc) is 2.03. The van der Waals surface area contributed by atoms with Crippen LogP contribution in [0.15, 0.2) is 24.8 Å². The molecule has 0 heterocycles. The maximum absolute atomic E-state index is 10.9. The van der Waals surface area contributed by atoms with Crippen molar-refractivity contribution in [1.82, 2.24) is 0 Å². The van der Waals surface area contributed by atoms with Gasteiger partial charge in [0.05, 0.1) is 0 Å². The summed E-state index contributed by atoms with van der Waals surface area (Å²) in [6.07, 6.45) is 7.42. The first-order valence-corrected chi connectivity index (χ1v) is 5.35. The normalized spacial score (nSPS) is 13.3. The Morgan fingerprint density at radius 2 is 2.27 bits per heavy atom. The van der Waals surface area contributed by atoms with E-state index in [1.54, 1.807) is 12.3 Å². The van der Waals surface area contributed by atoms with Crippen molar-refractivity contribution in [3.63, 3.8) is 0 Å². The van der Waals surface area contributed by atoms with E-state index in [4.69, 9.17) is 0 Å². The summed E-state index contributed by atoms with van der Waals surface area (Å²) in [6.45, 7) is 5.56. The second-order valence-corrected chi connectivity index (χ2v) is 3.99. The highest BCUT2D eigenvalue weighted by Crippen LogP contribution is 2.21. The molecular weight excluding hydrogens is 176 g/mol. The zero-order chi connectivity index (χ0) is 8.69. The van der Waals surface area contributed by atoms with Gasteiger partial charge in [-0.2, -0.15) is 0 Å². The maximum Gasteiger partial charge on any atom is 0.246 e. The van der Waals surface area contributed by atoms with Gasteiger partial charge in [-0.15, -0.1) is 6.58 Å². The molecule has 0 radical (unpaired) electrons. The topological polar surface area (TPSA) is 17.1 Å². The van der Waals surface area contributed by atoms with Crippen LogP contribution in [0.1, 0.15) is 6.92 Å². The molecule has 0 aromatic heterocycles. The molecule has 62 valence electrons. The van der Waals surface area contributed by atoms with Gasteiger partial charge in [0.15, 0.2) is 0 Å². The van der Waals surface area contributed by atoms with Gasteiger partial charge in [0, 0.05) is 5.25 Å². The average molecular weight is 188 g/mol. The van der Waals surface area contributed by atoms with Crippen LogP contribution in [0.5, 0.6) is 0 Å². The largest absolute Gasteiger partial charge is 0.274 e. The number of carbonyl (C=O) groups is 1. The molecular formula is C8H12OS2. The Labute approximate surface area is 76.3 Å². The van der Waals surface area contributed by atoms with Crippen molar-refractivity contribution < 1.29 is 4.79 Å². The van der Waals surface area contributed by atoms with Crippen LogP contribution in [0, 0.1) is 0 Å². The third kappa shape index (κ3) is 5.16. The lowest BCUT2D eigenvalue weighted by molar-refractivity contribution is 0.276. The van der Waals surface area contributed by atoms with Crippen molar-refractivity contribution in [3.05, 3.63) is 24.8 Å². The fourth-order valence-corrected chi connectivity index (χ4v) is 1.79. The lowest BCUT2D eigenvalue weighted by Crippen LogP contribution is -1.94. The van der Waals surface area contributed by atoms with Crippen molar-refractivity contribution in [2.75, 3.05) is 6.26 Å². The number of rotatable bonds is 3. The Morgan fingerprint density at radius 1 is 1.64 bits per heavy atom. The smallest absolute Gasteiger partial charge is 0.246 e. The van der Waals surface area contributed by atoms with Crippen LogP contribution >= 0.6 is 23.5 Å². The fraction of sp³-hybridized carbons (Fsp3) is 0.375.